The molecule has 0 atom stereocenters. The van der Waals surface area contributed by atoms with Gasteiger partial charge >= 0.3 is 29.9 Å². The van der Waals surface area contributed by atoms with E-state index < -0.39 is 57.6 Å². The Labute approximate surface area is 191 Å². The molecule has 0 unspecified atom stereocenters. The first-order chi connectivity index (χ1) is 15.5. The number of hydrogen-bond acceptors (Lipinski definition) is 6. The third-order valence-corrected chi connectivity index (χ3v) is 6.10. The quantitative estimate of drug-likeness (QED) is 0.257. The van der Waals surface area contributed by atoms with Crippen molar-refractivity contribution in [1.82, 2.24) is 0 Å². The van der Waals surface area contributed by atoms with E-state index in [0.29, 0.717) is 11.0 Å². The van der Waals surface area contributed by atoms with Gasteiger partial charge in [0.2, 0.25) is 0 Å². The zero-order valence-corrected chi connectivity index (χ0v) is 18.2. The molecule has 1 N–H and O–H groups in total. The molecular weight excluding hydrogens is 497 g/mol. The summed E-state index contributed by atoms with van der Waals surface area (Å²) in [5.74, 6) is -7.73. The highest BCUT2D eigenvalue weighted by atomic mass is 32.2. The zero-order valence-electron chi connectivity index (χ0n) is 17.4. The van der Waals surface area contributed by atoms with Crippen LogP contribution in [0.1, 0.15) is 31.2 Å². The van der Waals surface area contributed by atoms with Gasteiger partial charge in [-0.3, -0.25) is 14.1 Å². The molecule has 1 aliphatic carbocycles. The van der Waals surface area contributed by atoms with Crippen LogP contribution in [0.5, 0.6) is 0 Å². The maximum Gasteiger partial charge on any atom is 0.438 e. The Bertz CT molecular complexity index is 970. The molecule has 1 aromatic rings. The van der Waals surface area contributed by atoms with Crippen molar-refractivity contribution in [2.24, 2.45) is 11.8 Å². The normalized spacial score (nSPS) is 20.0. The lowest BCUT2D eigenvalue weighted by Gasteiger charge is -2.37. The van der Waals surface area contributed by atoms with Gasteiger partial charge in [0.25, 0.3) is 10.1 Å². The molecule has 0 aromatic heterocycles. The number of esters is 2. The average molecular weight is 516 g/mol. The highest BCUT2D eigenvalue weighted by Gasteiger charge is 2.76. The molecule has 2 rings (SSSR count). The summed E-state index contributed by atoms with van der Waals surface area (Å²) in [7, 11) is -0.321. The van der Waals surface area contributed by atoms with E-state index in [2.05, 4.69) is 4.74 Å². The van der Waals surface area contributed by atoms with Crippen molar-refractivity contribution >= 4 is 35.4 Å². The van der Waals surface area contributed by atoms with Crippen molar-refractivity contribution in [1.29, 1.82) is 0 Å². The average Bonchev–Trinajstić information content (AvgIpc) is 2.70. The summed E-state index contributed by atoms with van der Waals surface area (Å²) in [6.45, 7) is -0.0869. The SMILES string of the molecule is [B]c1ccc(COC(=O)C2CCC(C(=O)OC(CS(=O)(=O)O)(C(F)(F)F)C(F)(F)F)CC2)cc1. The molecule has 0 bridgehead atoms. The van der Waals surface area contributed by atoms with Crippen LogP contribution in [0.2, 0.25) is 0 Å². The van der Waals surface area contributed by atoms with Crippen LogP contribution in [-0.4, -0.2) is 56.5 Å². The molecule has 7 nitrogen and oxygen atoms in total. The van der Waals surface area contributed by atoms with E-state index in [1.54, 1.807) is 24.3 Å². The number of carbonyl (C=O) groups excluding carboxylic acids is 2. The van der Waals surface area contributed by atoms with E-state index in [1.165, 1.54) is 0 Å². The maximum atomic E-state index is 13.3. The topological polar surface area (TPSA) is 107 Å². The zero-order chi connectivity index (χ0) is 25.9. The van der Waals surface area contributed by atoms with Crippen LogP contribution in [0.4, 0.5) is 26.3 Å². The molecule has 188 valence electrons. The summed E-state index contributed by atoms with van der Waals surface area (Å²) >= 11 is 0. The molecule has 0 aliphatic heterocycles. The van der Waals surface area contributed by atoms with Crippen molar-refractivity contribution in [2.45, 2.75) is 50.2 Å². The molecule has 1 aliphatic rings. The Morgan fingerprint density at radius 1 is 0.912 bits per heavy atom. The lowest BCUT2D eigenvalue weighted by atomic mass is 9.82. The first kappa shape index (κ1) is 28.0. The Balaban J connectivity index is 2.03. The number of ether oxygens (including phenoxy) is 2. The monoisotopic (exact) mass is 516 g/mol. The first-order valence-corrected chi connectivity index (χ1v) is 11.4. The second-order valence-electron chi connectivity index (χ2n) is 7.87. The fourth-order valence-corrected chi connectivity index (χ4v) is 4.33. The van der Waals surface area contributed by atoms with Gasteiger partial charge in [-0.2, -0.15) is 34.8 Å². The first-order valence-electron chi connectivity index (χ1n) is 9.78. The predicted octanol–water partition coefficient (Wildman–Crippen LogP) is 2.62. The van der Waals surface area contributed by atoms with Gasteiger partial charge in [0.05, 0.1) is 11.8 Å². The Morgan fingerprint density at radius 3 is 1.76 bits per heavy atom. The molecule has 0 heterocycles. The largest absolute Gasteiger partial charge is 0.461 e. The van der Waals surface area contributed by atoms with Crippen LogP contribution in [-0.2, 0) is 35.8 Å². The Hall–Kier alpha value is -2.29. The predicted molar refractivity (Wildman–Crippen MR) is 104 cm³/mol. The van der Waals surface area contributed by atoms with Gasteiger partial charge in [0, 0.05) is 0 Å². The van der Waals surface area contributed by atoms with Crippen LogP contribution in [0, 0.1) is 11.8 Å². The number of alkyl halides is 6. The summed E-state index contributed by atoms with van der Waals surface area (Å²) < 4.78 is 119. The van der Waals surface area contributed by atoms with E-state index in [4.69, 9.17) is 17.1 Å². The van der Waals surface area contributed by atoms with Crippen molar-refractivity contribution in [2.75, 3.05) is 5.75 Å². The molecule has 0 saturated heterocycles. The fraction of sp³-hybridized carbons (Fsp3) is 0.579. The maximum absolute atomic E-state index is 13.3. The second-order valence-corrected chi connectivity index (χ2v) is 9.32. The number of rotatable bonds is 7. The molecule has 2 radical (unpaired) electrons. The molecule has 1 fully saturated rings. The summed E-state index contributed by atoms with van der Waals surface area (Å²) in [5, 5.41) is 0. The smallest absolute Gasteiger partial charge is 0.438 e. The van der Waals surface area contributed by atoms with E-state index in [1.807, 2.05) is 0 Å². The molecule has 15 heteroatoms. The van der Waals surface area contributed by atoms with Crippen LogP contribution in [0.15, 0.2) is 24.3 Å². The van der Waals surface area contributed by atoms with Crippen molar-refractivity contribution in [3.8, 4) is 0 Å². The van der Waals surface area contributed by atoms with Crippen molar-refractivity contribution < 1.29 is 58.4 Å². The van der Waals surface area contributed by atoms with Crippen LogP contribution in [0.3, 0.4) is 0 Å². The number of carbonyl (C=O) groups is 2. The Kier molecular flexibility index (Phi) is 8.34. The van der Waals surface area contributed by atoms with Gasteiger partial charge < -0.3 is 9.47 Å². The van der Waals surface area contributed by atoms with Crippen LogP contribution < -0.4 is 5.46 Å². The highest BCUT2D eigenvalue weighted by Crippen LogP contribution is 2.47. The van der Waals surface area contributed by atoms with E-state index in [0.717, 1.165) is 0 Å². The minimum absolute atomic E-state index is 0.0797. The lowest BCUT2D eigenvalue weighted by molar-refractivity contribution is -0.362. The van der Waals surface area contributed by atoms with Gasteiger partial charge in [0.1, 0.15) is 20.2 Å². The van der Waals surface area contributed by atoms with Gasteiger partial charge in [-0.15, -0.1) is 0 Å². The van der Waals surface area contributed by atoms with E-state index in [-0.39, 0.29) is 32.3 Å². The van der Waals surface area contributed by atoms with Crippen molar-refractivity contribution in [3.63, 3.8) is 0 Å². The molecule has 0 spiro atoms. The summed E-state index contributed by atoms with van der Waals surface area (Å²) in [6, 6.07) is 6.42. The van der Waals surface area contributed by atoms with Crippen LogP contribution >= 0.6 is 0 Å². The minimum Gasteiger partial charge on any atom is -0.461 e. The highest BCUT2D eigenvalue weighted by molar-refractivity contribution is 7.85. The summed E-state index contributed by atoms with van der Waals surface area (Å²) in [6.07, 6.45) is -13.5. The lowest BCUT2D eigenvalue weighted by Crippen LogP contribution is -2.63. The molecule has 1 aromatic carbocycles. The minimum atomic E-state index is -6.39. The number of hydrogen-bond donors (Lipinski definition) is 1. The standard InChI is InChI=1S/C19H19BF6O7S/c20-14-7-1-11(2-8-14)9-32-15(27)12-3-5-13(6-4-12)16(28)33-17(18(21,22)23,19(24,25)26)10-34(29,30)31/h1-2,7-8,12-13H,3-6,9-10H2,(H,29,30,31). The third-order valence-electron chi connectivity index (χ3n) is 5.33. The number of halogens is 6. The number of benzene rings is 1. The van der Waals surface area contributed by atoms with Gasteiger partial charge in [-0.05, 0) is 31.2 Å². The summed E-state index contributed by atoms with van der Waals surface area (Å²) in [5.41, 5.74) is -4.31. The van der Waals surface area contributed by atoms with E-state index in [9.17, 15) is 44.3 Å². The third kappa shape index (κ3) is 6.87. The Morgan fingerprint density at radius 2 is 1.35 bits per heavy atom. The molecular formula is C19H19BF6O7S. The van der Waals surface area contributed by atoms with Gasteiger partial charge in [-0.25, -0.2) is 0 Å². The summed E-state index contributed by atoms with van der Waals surface area (Å²) in [4.78, 5) is 24.4. The molecule has 0 amide bonds. The molecule has 1 saturated carbocycles. The van der Waals surface area contributed by atoms with E-state index >= 15 is 0 Å². The molecule has 34 heavy (non-hydrogen) atoms. The fourth-order valence-electron chi connectivity index (χ4n) is 3.43. The second kappa shape index (κ2) is 10.1. The van der Waals surface area contributed by atoms with Gasteiger partial charge in [0.15, 0.2) is 0 Å². The van der Waals surface area contributed by atoms with Crippen LogP contribution in [0.25, 0.3) is 0 Å². The van der Waals surface area contributed by atoms with Gasteiger partial charge in [-0.1, -0.05) is 29.7 Å². The van der Waals surface area contributed by atoms with Crippen molar-refractivity contribution in [3.05, 3.63) is 29.8 Å².